The molecule has 1 unspecified atom stereocenters. The summed E-state index contributed by atoms with van der Waals surface area (Å²) in [6.07, 6.45) is 4.00. The van der Waals surface area contributed by atoms with Crippen LogP contribution in [0.1, 0.15) is 17.2 Å². The van der Waals surface area contributed by atoms with Crippen LogP contribution in [0, 0.1) is 11.6 Å². The number of imidazole rings is 1. The minimum absolute atomic E-state index is 0.154. The molecule has 5 nitrogen and oxygen atoms in total. The van der Waals surface area contributed by atoms with E-state index in [-0.39, 0.29) is 34.9 Å². The Hall–Kier alpha value is -2.74. The number of aromatic nitrogens is 2. The predicted molar refractivity (Wildman–Crippen MR) is 109 cm³/mol. The van der Waals surface area contributed by atoms with Gasteiger partial charge in [-0.05, 0) is 24.3 Å². The van der Waals surface area contributed by atoms with E-state index in [1.807, 2.05) is 0 Å². The molecule has 30 heavy (non-hydrogen) atoms. The fraction of sp³-hybridized carbons (Fsp3) is 0.143. The summed E-state index contributed by atoms with van der Waals surface area (Å²) in [5.41, 5.74) is -0.0533. The van der Waals surface area contributed by atoms with Gasteiger partial charge in [0.15, 0.2) is 5.58 Å². The van der Waals surface area contributed by atoms with Gasteiger partial charge in [-0.1, -0.05) is 29.3 Å². The Balaban J connectivity index is 1.65. The average molecular weight is 451 g/mol. The van der Waals surface area contributed by atoms with E-state index in [1.165, 1.54) is 12.1 Å². The number of hydrogen-bond acceptors (Lipinski definition) is 4. The third-order valence-corrected chi connectivity index (χ3v) is 5.01. The monoisotopic (exact) mass is 450 g/mol. The van der Waals surface area contributed by atoms with Crippen molar-refractivity contribution in [3.8, 4) is 0 Å². The smallest absolute Gasteiger partial charge is 0.341 e. The first-order valence-electron chi connectivity index (χ1n) is 8.85. The molecule has 0 N–H and O–H groups in total. The highest BCUT2D eigenvalue weighted by atomic mass is 35.5. The van der Waals surface area contributed by atoms with Crippen molar-refractivity contribution in [2.45, 2.75) is 19.3 Å². The van der Waals surface area contributed by atoms with Crippen LogP contribution in [0.5, 0.6) is 0 Å². The van der Waals surface area contributed by atoms with Crippen molar-refractivity contribution < 1.29 is 17.9 Å². The Morgan fingerprint density at radius 3 is 2.73 bits per heavy atom. The summed E-state index contributed by atoms with van der Waals surface area (Å²) in [6.45, 7) is 0.0394. The number of benzene rings is 2. The Labute approximate surface area is 179 Å². The lowest BCUT2D eigenvalue weighted by Gasteiger charge is -2.19. The van der Waals surface area contributed by atoms with Crippen molar-refractivity contribution in [1.29, 1.82) is 0 Å². The van der Waals surface area contributed by atoms with E-state index in [1.54, 1.807) is 35.4 Å². The first-order chi connectivity index (χ1) is 14.4. The van der Waals surface area contributed by atoms with Crippen molar-refractivity contribution in [1.82, 2.24) is 9.55 Å². The summed E-state index contributed by atoms with van der Waals surface area (Å²) in [4.78, 5) is 16.3. The number of rotatable bonds is 6. The molecule has 0 radical (unpaired) electrons. The van der Waals surface area contributed by atoms with Crippen LogP contribution in [0.2, 0.25) is 10.0 Å². The van der Waals surface area contributed by atoms with Gasteiger partial charge in [0.05, 0.1) is 30.1 Å². The van der Waals surface area contributed by atoms with Gasteiger partial charge in [0.2, 0.25) is 0 Å². The van der Waals surface area contributed by atoms with E-state index in [9.17, 15) is 13.6 Å². The van der Waals surface area contributed by atoms with Crippen LogP contribution in [0.25, 0.3) is 11.0 Å². The number of hydrogen-bond donors (Lipinski definition) is 0. The SMILES string of the molecule is O=c1oc2c(Cl)cc(Cl)cc2cc1COC(Cn1ccnc1)c1ccc(F)cc1F. The van der Waals surface area contributed by atoms with Gasteiger partial charge >= 0.3 is 5.63 Å². The van der Waals surface area contributed by atoms with Crippen LogP contribution in [-0.2, 0) is 17.9 Å². The molecular formula is C21H14Cl2F2N2O3. The molecule has 0 fully saturated rings. The third-order valence-electron chi connectivity index (χ3n) is 4.51. The molecule has 2 heterocycles. The largest absolute Gasteiger partial charge is 0.421 e. The average Bonchev–Trinajstić information content (AvgIpc) is 3.19. The van der Waals surface area contributed by atoms with Gasteiger partial charge in [0, 0.05) is 34.4 Å². The molecule has 4 rings (SSSR count). The normalized spacial score (nSPS) is 12.4. The van der Waals surface area contributed by atoms with E-state index in [0.29, 0.717) is 10.4 Å². The fourth-order valence-electron chi connectivity index (χ4n) is 3.08. The molecule has 0 saturated heterocycles. The van der Waals surface area contributed by atoms with Crippen molar-refractivity contribution in [2.24, 2.45) is 0 Å². The molecule has 0 aliphatic carbocycles. The van der Waals surface area contributed by atoms with Crippen LogP contribution < -0.4 is 5.63 Å². The summed E-state index contributed by atoms with van der Waals surface area (Å²) in [5.74, 6) is -1.44. The zero-order chi connectivity index (χ0) is 21.3. The molecule has 0 spiro atoms. The first kappa shape index (κ1) is 20.5. The molecule has 4 aromatic rings. The van der Waals surface area contributed by atoms with Crippen LogP contribution in [0.15, 0.2) is 64.3 Å². The molecule has 0 bridgehead atoms. The quantitative estimate of drug-likeness (QED) is 0.362. The summed E-state index contributed by atoms with van der Waals surface area (Å²) in [5, 5.41) is 1.14. The lowest BCUT2D eigenvalue weighted by Crippen LogP contribution is -2.16. The standard InChI is InChI=1S/C21H14Cl2F2N2O3/c22-14-6-12-5-13(21(28)30-20(12)17(23)7-14)10-29-19(9-27-4-3-26-11-27)16-2-1-15(24)8-18(16)25/h1-8,11,19H,9-10H2. The number of nitrogens with zero attached hydrogens (tertiary/aromatic N) is 2. The zero-order valence-corrected chi connectivity index (χ0v) is 16.8. The first-order valence-corrected chi connectivity index (χ1v) is 9.60. The maximum Gasteiger partial charge on any atom is 0.341 e. The van der Waals surface area contributed by atoms with Crippen molar-refractivity contribution in [3.05, 3.63) is 98.3 Å². The second-order valence-corrected chi connectivity index (χ2v) is 7.43. The number of halogens is 4. The van der Waals surface area contributed by atoms with Gasteiger partial charge in [0.1, 0.15) is 17.7 Å². The Morgan fingerprint density at radius 2 is 2.00 bits per heavy atom. The summed E-state index contributed by atoms with van der Waals surface area (Å²) in [7, 11) is 0. The molecule has 2 aromatic carbocycles. The van der Waals surface area contributed by atoms with Crippen LogP contribution in [0.4, 0.5) is 8.78 Å². The molecule has 0 aliphatic rings. The highest BCUT2D eigenvalue weighted by Gasteiger charge is 2.19. The van der Waals surface area contributed by atoms with E-state index in [4.69, 9.17) is 32.4 Å². The van der Waals surface area contributed by atoms with Gasteiger partial charge in [-0.2, -0.15) is 0 Å². The summed E-state index contributed by atoms with van der Waals surface area (Å²) >= 11 is 12.1. The van der Waals surface area contributed by atoms with Gasteiger partial charge in [-0.3, -0.25) is 0 Å². The maximum atomic E-state index is 14.4. The summed E-state index contributed by atoms with van der Waals surface area (Å²) < 4.78 is 40.6. The minimum atomic E-state index is -0.808. The highest BCUT2D eigenvalue weighted by molar-refractivity contribution is 6.38. The minimum Gasteiger partial charge on any atom is -0.421 e. The van der Waals surface area contributed by atoms with Gasteiger partial charge in [-0.25, -0.2) is 18.6 Å². The van der Waals surface area contributed by atoms with Gasteiger partial charge < -0.3 is 13.7 Å². The number of fused-ring (bicyclic) bond motifs is 1. The van der Waals surface area contributed by atoms with Crippen molar-refractivity contribution >= 4 is 34.2 Å². The zero-order valence-electron chi connectivity index (χ0n) is 15.3. The molecule has 0 amide bonds. The topological polar surface area (TPSA) is 57.3 Å². The van der Waals surface area contributed by atoms with Gasteiger partial charge in [0.25, 0.3) is 0 Å². The highest BCUT2D eigenvalue weighted by Crippen LogP contribution is 2.29. The van der Waals surface area contributed by atoms with Gasteiger partial charge in [-0.15, -0.1) is 0 Å². The third kappa shape index (κ3) is 4.38. The second-order valence-electron chi connectivity index (χ2n) is 6.59. The molecule has 1 atom stereocenters. The van der Waals surface area contributed by atoms with Crippen LogP contribution >= 0.6 is 23.2 Å². The Morgan fingerprint density at radius 1 is 1.17 bits per heavy atom. The summed E-state index contributed by atoms with van der Waals surface area (Å²) in [6, 6.07) is 7.90. The number of ether oxygens (including phenoxy) is 1. The van der Waals surface area contributed by atoms with E-state index < -0.39 is 23.4 Å². The molecule has 9 heteroatoms. The van der Waals surface area contributed by atoms with Crippen LogP contribution in [0.3, 0.4) is 0 Å². The Kier molecular flexibility index (Phi) is 5.85. The second kappa shape index (κ2) is 8.55. The van der Waals surface area contributed by atoms with Crippen molar-refractivity contribution in [2.75, 3.05) is 0 Å². The molecule has 0 saturated carbocycles. The molecule has 2 aromatic heterocycles. The van der Waals surface area contributed by atoms with Crippen LogP contribution in [-0.4, -0.2) is 9.55 Å². The van der Waals surface area contributed by atoms with E-state index in [0.717, 1.165) is 12.1 Å². The molecular weight excluding hydrogens is 437 g/mol. The lowest BCUT2D eigenvalue weighted by atomic mass is 10.1. The maximum absolute atomic E-state index is 14.4. The lowest BCUT2D eigenvalue weighted by molar-refractivity contribution is 0.0244. The molecule has 154 valence electrons. The molecule has 0 aliphatic heterocycles. The van der Waals surface area contributed by atoms with E-state index in [2.05, 4.69) is 4.98 Å². The fourth-order valence-corrected chi connectivity index (χ4v) is 3.63. The predicted octanol–water partition coefficient (Wildman–Crippen LogP) is 5.53. The van der Waals surface area contributed by atoms with Crippen molar-refractivity contribution in [3.63, 3.8) is 0 Å². The van der Waals surface area contributed by atoms with E-state index >= 15 is 0 Å². The Bertz CT molecular complexity index is 1260.